The molecule has 1 heterocycles. The van der Waals surface area contributed by atoms with Crippen molar-refractivity contribution in [1.82, 2.24) is 4.98 Å². The van der Waals surface area contributed by atoms with Crippen LogP contribution in [0.4, 0.5) is 5.82 Å². The Bertz CT molecular complexity index is 570. The van der Waals surface area contributed by atoms with Crippen LogP contribution in [0.1, 0.15) is 16.7 Å². The zero-order valence-electron chi connectivity index (χ0n) is 10.4. The van der Waals surface area contributed by atoms with Gasteiger partial charge in [-0.05, 0) is 51.7 Å². The van der Waals surface area contributed by atoms with E-state index in [2.05, 4.69) is 27.0 Å². The van der Waals surface area contributed by atoms with Gasteiger partial charge in [-0.2, -0.15) is 0 Å². The summed E-state index contributed by atoms with van der Waals surface area (Å²) in [6, 6.07) is 8.09. The summed E-state index contributed by atoms with van der Waals surface area (Å²) < 4.78 is 6.16. The smallest absolute Gasteiger partial charge is 0.133 e. The van der Waals surface area contributed by atoms with E-state index in [-0.39, 0.29) is 0 Å². The number of ether oxygens (including phenoxy) is 1. The van der Waals surface area contributed by atoms with Gasteiger partial charge in [-0.25, -0.2) is 4.98 Å². The number of nitrogens with two attached hydrogens (primary N) is 1. The quantitative estimate of drug-likeness (QED) is 0.946. The van der Waals surface area contributed by atoms with Crippen LogP contribution in [0.15, 0.2) is 34.9 Å². The number of anilines is 1. The third-order valence-electron chi connectivity index (χ3n) is 2.75. The molecule has 0 saturated carbocycles. The van der Waals surface area contributed by atoms with Crippen LogP contribution in [0.25, 0.3) is 0 Å². The summed E-state index contributed by atoms with van der Waals surface area (Å²) in [5, 5.41) is 0. The number of hydrogen-bond acceptors (Lipinski definition) is 3. The summed E-state index contributed by atoms with van der Waals surface area (Å²) in [4.78, 5) is 4.17. The fourth-order valence-corrected chi connectivity index (χ4v) is 2.41. The van der Waals surface area contributed by atoms with Crippen LogP contribution in [0, 0.1) is 6.92 Å². The van der Waals surface area contributed by atoms with Crippen molar-refractivity contribution in [2.45, 2.75) is 13.3 Å². The zero-order valence-corrected chi connectivity index (χ0v) is 12.0. The highest BCUT2D eigenvalue weighted by atomic mass is 79.9. The van der Waals surface area contributed by atoms with E-state index < -0.39 is 0 Å². The maximum absolute atomic E-state index is 5.88. The number of nitrogen functional groups attached to an aromatic ring is 1. The van der Waals surface area contributed by atoms with Crippen molar-refractivity contribution in [3.63, 3.8) is 0 Å². The average molecular weight is 307 g/mol. The molecule has 1 aromatic heterocycles. The Morgan fingerprint density at radius 2 is 2.11 bits per heavy atom. The van der Waals surface area contributed by atoms with Gasteiger partial charge in [0.2, 0.25) is 0 Å². The van der Waals surface area contributed by atoms with E-state index in [9.17, 15) is 0 Å². The molecule has 1 aromatic carbocycles. The van der Waals surface area contributed by atoms with Gasteiger partial charge in [0.1, 0.15) is 11.6 Å². The number of nitrogens with zero attached hydrogens (tertiary/aromatic N) is 1. The molecule has 0 radical (unpaired) electrons. The third-order valence-corrected chi connectivity index (χ3v) is 3.37. The molecule has 0 unspecified atom stereocenters. The average Bonchev–Trinajstić information content (AvgIpc) is 2.34. The van der Waals surface area contributed by atoms with Gasteiger partial charge >= 0.3 is 0 Å². The van der Waals surface area contributed by atoms with Crippen LogP contribution in [0.3, 0.4) is 0 Å². The Morgan fingerprint density at radius 1 is 1.33 bits per heavy atom. The normalized spacial score (nSPS) is 10.4. The molecule has 0 spiro atoms. The molecule has 2 N–H and O–H groups in total. The van der Waals surface area contributed by atoms with Gasteiger partial charge in [0.05, 0.1) is 11.6 Å². The molecule has 0 aliphatic heterocycles. The lowest BCUT2D eigenvalue weighted by atomic mass is 10.0. The summed E-state index contributed by atoms with van der Waals surface area (Å²) in [6.45, 7) is 2.01. The van der Waals surface area contributed by atoms with Crippen molar-refractivity contribution in [2.75, 3.05) is 12.8 Å². The first kappa shape index (κ1) is 12.9. The fourth-order valence-electron chi connectivity index (χ4n) is 1.82. The van der Waals surface area contributed by atoms with Crippen LogP contribution in [0.5, 0.6) is 5.75 Å². The molecule has 94 valence electrons. The van der Waals surface area contributed by atoms with Crippen molar-refractivity contribution < 1.29 is 4.74 Å². The first-order valence-electron chi connectivity index (χ1n) is 5.63. The number of halogens is 1. The van der Waals surface area contributed by atoms with E-state index in [1.165, 1.54) is 5.56 Å². The monoisotopic (exact) mass is 306 g/mol. The Morgan fingerprint density at radius 3 is 2.78 bits per heavy atom. The Labute approximate surface area is 115 Å². The number of aromatic nitrogens is 1. The van der Waals surface area contributed by atoms with Gasteiger partial charge in [-0.3, -0.25) is 0 Å². The van der Waals surface area contributed by atoms with Gasteiger partial charge in [0, 0.05) is 12.6 Å². The maximum Gasteiger partial charge on any atom is 0.133 e. The van der Waals surface area contributed by atoms with Crippen LogP contribution in [0.2, 0.25) is 0 Å². The summed E-state index contributed by atoms with van der Waals surface area (Å²) in [7, 11) is 1.65. The Kier molecular flexibility index (Phi) is 3.87. The molecule has 0 fully saturated rings. The Balaban J connectivity index is 2.28. The van der Waals surface area contributed by atoms with Crippen LogP contribution in [-0.2, 0) is 6.42 Å². The summed E-state index contributed by atoms with van der Waals surface area (Å²) in [6.07, 6.45) is 2.55. The SMILES string of the molecule is COc1ccc(Cc2cc(C)cnc2N)cc1Br. The van der Waals surface area contributed by atoms with Crippen LogP contribution in [-0.4, -0.2) is 12.1 Å². The second-order valence-electron chi connectivity index (χ2n) is 4.20. The largest absolute Gasteiger partial charge is 0.496 e. The minimum Gasteiger partial charge on any atom is -0.496 e. The number of methoxy groups -OCH3 is 1. The van der Waals surface area contributed by atoms with E-state index in [0.29, 0.717) is 5.82 Å². The predicted octanol–water partition coefficient (Wildman–Crippen LogP) is 3.33. The second kappa shape index (κ2) is 5.40. The lowest BCUT2D eigenvalue weighted by molar-refractivity contribution is 0.412. The molecule has 18 heavy (non-hydrogen) atoms. The molecule has 0 aliphatic carbocycles. The predicted molar refractivity (Wildman–Crippen MR) is 76.9 cm³/mol. The number of hydrogen-bond donors (Lipinski definition) is 1. The van der Waals surface area contributed by atoms with Crippen molar-refractivity contribution >= 4 is 21.7 Å². The minimum absolute atomic E-state index is 0.590. The zero-order chi connectivity index (χ0) is 13.1. The van der Waals surface area contributed by atoms with E-state index in [1.54, 1.807) is 13.3 Å². The van der Waals surface area contributed by atoms with Gasteiger partial charge in [-0.1, -0.05) is 12.1 Å². The van der Waals surface area contributed by atoms with Gasteiger partial charge in [0.15, 0.2) is 0 Å². The molecular formula is C14H15BrN2O. The van der Waals surface area contributed by atoms with Crippen molar-refractivity contribution in [3.05, 3.63) is 51.6 Å². The van der Waals surface area contributed by atoms with Crippen LogP contribution >= 0.6 is 15.9 Å². The molecule has 0 atom stereocenters. The molecular weight excluding hydrogens is 292 g/mol. The van der Waals surface area contributed by atoms with Gasteiger partial charge < -0.3 is 10.5 Å². The highest BCUT2D eigenvalue weighted by Gasteiger charge is 2.05. The van der Waals surface area contributed by atoms with Crippen molar-refractivity contribution in [3.8, 4) is 5.75 Å². The first-order valence-corrected chi connectivity index (χ1v) is 6.43. The molecule has 4 heteroatoms. The summed E-state index contributed by atoms with van der Waals surface area (Å²) in [5.74, 6) is 1.42. The number of aryl methyl sites for hydroxylation is 1. The molecule has 0 bridgehead atoms. The number of pyridine rings is 1. The van der Waals surface area contributed by atoms with Gasteiger partial charge in [0.25, 0.3) is 0 Å². The molecule has 3 nitrogen and oxygen atoms in total. The van der Waals surface area contributed by atoms with Gasteiger partial charge in [-0.15, -0.1) is 0 Å². The Hall–Kier alpha value is -1.55. The molecule has 2 aromatic rings. The van der Waals surface area contributed by atoms with Crippen LogP contribution < -0.4 is 10.5 Å². The fraction of sp³-hybridized carbons (Fsp3) is 0.214. The second-order valence-corrected chi connectivity index (χ2v) is 5.06. The topological polar surface area (TPSA) is 48.1 Å². The van der Waals surface area contributed by atoms with Crippen molar-refractivity contribution in [1.29, 1.82) is 0 Å². The summed E-state index contributed by atoms with van der Waals surface area (Å²) in [5.41, 5.74) is 9.22. The third kappa shape index (κ3) is 2.82. The number of benzene rings is 1. The van der Waals surface area contributed by atoms with E-state index in [1.807, 2.05) is 25.1 Å². The lowest BCUT2D eigenvalue weighted by Gasteiger charge is -2.08. The maximum atomic E-state index is 5.88. The van der Waals surface area contributed by atoms with E-state index in [0.717, 1.165) is 27.8 Å². The highest BCUT2D eigenvalue weighted by molar-refractivity contribution is 9.10. The molecule has 0 aliphatic rings. The van der Waals surface area contributed by atoms with E-state index in [4.69, 9.17) is 10.5 Å². The molecule has 2 rings (SSSR count). The van der Waals surface area contributed by atoms with E-state index >= 15 is 0 Å². The highest BCUT2D eigenvalue weighted by Crippen LogP contribution is 2.27. The standard InChI is InChI=1S/C14H15BrN2O/c1-9-5-11(14(16)17-8-9)6-10-3-4-13(18-2)12(15)7-10/h3-5,7-8H,6H2,1-2H3,(H2,16,17). The van der Waals surface area contributed by atoms with Crippen molar-refractivity contribution in [2.24, 2.45) is 0 Å². The molecule has 0 saturated heterocycles. The minimum atomic E-state index is 0.590. The molecule has 0 amide bonds. The summed E-state index contributed by atoms with van der Waals surface area (Å²) >= 11 is 3.48. The first-order chi connectivity index (χ1) is 8.60. The number of rotatable bonds is 3. The lowest BCUT2D eigenvalue weighted by Crippen LogP contribution is -1.99.